The molecular formula is C8H5F3O3S. The zero-order valence-corrected chi connectivity index (χ0v) is 8.01. The maximum Gasteiger partial charge on any atom is 0.344 e. The van der Waals surface area contributed by atoms with Crippen molar-refractivity contribution >= 4 is 10.7 Å². The molecular weight excluding hydrogens is 233 g/mol. The highest BCUT2D eigenvalue weighted by atomic mass is 32.2. The summed E-state index contributed by atoms with van der Waals surface area (Å²) < 4.78 is 60.4. The number of hydrogen-bond acceptors (Lipinski definition) is 3. The molecule has 1 rings (SSSR count). The first-order valence-electron chi connectivity index (χ1n) is 3.64. The van der Waals surface area contributed by atoms with Crippen LogP contribution in [0.5, 0.6) is 5.75 Å². The number of benzene rings is 1. The van der Waals surface area contributed by atoms with Crippen LogP contribution in [0, 0.1) is 0 Å². The summed E-state index contributed by atoms with van der Waals surface area (Å²) in [6.45, 7) is 0. The van der Waals surface area contributed by atoms with Crippen molar-refractivity contribution < 1.29 is 26.3 Å². The number of hydrogen-bond donors (Lipinski definition) is 1. The minimum Gasteiger partial charge on any atom is -0.428 e. The second-order valence-electron chi connectivity index (χ2n) is 2.39. The molecule has 0 N–H and O–H groups in total. The smallest absolute Gasteiger partial charge is 0.344 e. The van der Waals surface area contributed by atoms with E-state index in [1.165, 1.54) is 0 Å². The van der Waals surface area contributed by atoms with Gasteiger partial charge in [-0.2, -0.15) is 13.2 Å². The Morgan fingerprint density at radius 2 is 1.60 bits per heavy atom. The van der Waals surface area contributed by atoms with Crippen LogP contribution in [0.2, 0.25) is 0 Å². The molecule has 0 atom stereocenters. The third kappa shape index (κ3) is 3.28. The van der Waals surface area contributed by atoms with Gasteiger partial charge in [0.25, 0.3) is 0 Å². The quantitative estimate of drug-likeness (QED) is 0.647. The molecule has 0 spiro atoms. The first-order chi connectivity index (χ1) is 7.00. The molecule has 3 nitrogen and oxygen atoms in total. The molecule has 0 heterocycles. The molecule has 1 aromatic carbocycles. The lowest BCUT2D eigenvalue weighted by atomic mass is 10.3. The summed E-state index contributed by atoms with van der Waals surface area (Å²) in [4.78, 5) is -0.0116. The maximum absolute atomic E-state index is 12.3. The molecule has 0 radical (unpaired) electrons. The van der Waals surface area contributed by atoms with Gasteiger partial charge in [0.1, 0.15) is 5.75 Å². The lowest BCUT2D eigenvalue weighted by Gasteiger charge is -2.00. The molecule has 0 aliphatic carbocycles. The molecule has 0 aliphatic heterocycles. The molecule has 0 fully saturated rings. The Bertz CT molecular complexity index is 439. The van der Waals surface area contributed by atoms with E-state index < -0.39 is 22.8 Å². The topological polar surface area (TPSA) is 43.4 Å². The summed E-state index contributed by atoms with van der Waals surface area (Å²) in [6.07, 6.45) is -2.58. The number of thiol groups is 1. The van der Waals surface area contributed by atoms with Crippen molar-refractivity contribution in [3.05, 3.63) is 36.4 Å². The van der Waals surface area contributed by atoms with Crippen molar-refractivity contribution in [1.29, 1.82) is 0 Å². The minimum absolute atomic E-state index is 0.0116. The molecule has 0 unspecified atom stereocenters. The molecule has 0 aromatic heterocycles. The SMILES string of the molecule is O=[SH](=O)c1ccc(OC(F)=C(F)F)cc1. The van der Waals surface area contributed by atoms with E-state index in [2.05, 4.69) is 4.74 Å². The highest BCUT2D eigenvalue weighted by Gasteiger charge is 2.07. The predicted molar refractivity (Wildman–Crippen MR) is 46.0 cm³/mol. The summed E-state index contributed by atoms with van der Waals surface area (Å²) >= 11 is 0. The van der Waals surface area contributed by atoms with Gasteiger partial charge in [0.05, 0.1) is 4.90 Å². The van der Waals surface area contributed by atoms with Crippen molar-refractivity contribution in [1.82, 2.24) is 0 Å². The third-order valence-electron chi connectivity index (χ3n) is 1.40. The normalized spacial score (nSPS) is 10.1. The summed E-state index contributed by atoms with van der Waals surface area (Å²) in [5, 5.41) is 0. The maximum atomic E-state index is 12.3. The van der Waals surface area contributed by atoms with Crippen LogP contribution in [-0.4, -0.2) is 8.42 Å². The second kappa shape index (κ2) is 4.83. The molecule has 0 saturated carbocycles. The fourth-order valence-electron chi connectivity index (χ4n) is 0.778. The van der Waals surface area contributed by atoms with E-state index in [1.807, 2.05) is 0 Å². The Balaban J connectivity index is 2.86. The standard InChI is InChI=1S/C8H5F3O3S/c9-7(10)8(11)14-5-1-3-6(4-2-5)15(12)13/h1-4,15H. The molecule has 82 valence electrons. The summed E-state index contributed by atoms with van der Waals surface area (Å²) in [5.74, 6) is -0.207. The van der Waals surface area contributed by atoms with Crippen molar-refractivity contribution in [3.8, 4) is 5.75 Å². The Hall–Kier alpha value is -1.50. The van der Waals surface area contributed by atoms with Gasteiger partial charge in [-0.15, -0.1) is 0 Å². The minimum atomic E-state index is -2.75. The molecule has 1 aromatic rings. The van der Waals surface area contributed by atoms with Gasteiger partial charge in [0, 0.05) is 0 Å². The Morgan fingerprint density at radius 1 is 1.07 bits per heavy atom. The third-order valence-corrected chi connectivity index (χ3v) is 2.12. The van der Waals surface area contributed by atoms with E-state index in [1.54, 1.807) is 0 Å². The first-order valence-corrected chi connectivity index (χ1v) is 4.81. The molecule has 0 aliphatic rings. The monoisotopic (exact) mass is 238 g/mol. The van der Waals surface area contributed by atoms with Gasteiger partial charge in [0.15, 0.2) is 10.7 Å². The largest absolute Gasteiger partial charge is 0.428 e. The fraction of sp³-hybridized carbons (Fsp3) is 0. The average Bonchev–Trinajstić information content (AvgIpc) is 2.18. The lowest BCUT2D eigenvalue weighted by Crippen LogP contribution is -1.90. The van der Waals surface area contributed by atoms with E-state index in [9.17, 15) is 21.6 Å². The number of ether oxygens (including phenoxy) is 1. The van der Waals surface area contributed by atoms with E-state index in [-0.39, 0.29) is 10.6 Å². The van der Waals surface area contributed by atoms with Gasteiger partial charge in [-0.05, 0) is 24.3 Å². The highest BCUT2D eigenvalue weighted by molar-refractivity contribution is 7.72. The zero-order valence-electron chi connectivity index (χ0n) is 7.12. The molecule has 0 saturated heterocycles. The average molecular weight is 238 g/mol. The van der Waals surface area contributed by atoms with Gasteiger partial charge in [-0.3, -0.25) is 0 Å². The Labute approximate surface area is 84.7 Å². The fourth-order valence-corrected chi connectivity index (χ4v) is 1.17. The van der Waals surface area contributed by atoms with Gasteiger partial charge < -0.3 is 4.74 Å². The summed E-state index contributed by atoms with van der Waals surface area (Å²) in [6, 6.07) is 2.37. The van der Waals surface area contributed by atoms with Crippen LogP contribution in [0.4, 0.5) is 13.2 Å². The van der Waals surface area contributed by atoms with Crippen molar-refractivity contribution in [2.24, 2.45) is 0 Å². The first kappa shape index (κ1) is 11.6. The van der Waals surface area contributed by atoms with Gasteiger partial charge in [-0.25, -0.2) is 8.42 Å². The molecule has 7 heteroatoms. The van der Waals surface area contributed by atoms with Crippen molar-refractivity contribution in [3.63, 3.8) is 0 Å². The predicted octanol–water partition coefficient (Wildman–Crippen LogP) is 2.07. The van der Waals surface area contributed by atoms with Crippen molar-refractivity contribution in [2.75, 3.05) is 0 Å². The van der Waals surface area contributed by atoms with Crippen LogP contribution in [0.15, 0.2) is 41.3 Å². The number of rotatable bonds is 3. The summed E-state index contributed by atoms with van der Waals surface area (Å²) in [7, 11) is -2.75. The molecule has 15 heavy (non-hydrogen) atoms. The van der Waals surface area contributed by atoms with E-state index in [0.717, 1.165) is 24.3 Å². The number of halogens is 3. The van der Waals surface area contributed by atoms with Gasteiger partial charge in [0.2, 0.25) is 0 Å². The van der Waals surface area contributed by atoms with Gasteiger partial charge >= 0.3 is 12.1 Å². The van der Waals surface area contributed by atoms with Crippen molar-refractivity contribution in [2.45, 2.75) is 4.90 Å². The van der Waals surface area contributed by atoms with E-state index in [4.69, 9.17) is 0 Å². The lowest BCUT2D eigenvalue weighted by molar-refractivity contribution is 0.241. The van der Waals surface area contributed by atoms with Crippen LogP contribution in [-0.2, 0) is 10.7 Å². The summed E-state index contributed by atoms with van der Waals surface area (Å²) in [5.41, 5.74) is 0. The van der Waals surface area contributed by atoms with Gasteiger partial charge in [-0.1, -0.05) is 0 Å². The highest BCUT2D eigenvalue weighted by Crippen LogP contribution is 2.19. The van der Waals surface area contributed by atoms with Crippen LogP contribution < -0.4 is 4.74 Å². The van der Waals surface area contributed by atoms with Crippen LogP contribution in [0.3, 0.4) is 0 Å². The Kier molecular flexibility index (Phi) is 3.73. The zero-order chi connectivity index (χ0) is 11.4. The Morgan fingerprint density at radius 3 is 2.00 bits per heavy atom. The molecule has 0 bridgehead atoms. The second-order valence-corrected chi connectivity index (χ2v) is 3.42. The van der Waals surface area contributed by atoms with E-state index in [0.29, 0.717) is 0 Å². The van der Waals surface area contributed by atoms with Crippen LogP contribution in [0.1, 0.15) is 0 Å². The van der Waals surface area contributed by atoms with Crippen LogP contribution in [0.25, 0.3) is 0 Å². The molecule has 0 amide bonds. The van der Waals surface area contributed by atoms with Crippen LogP contribution >= 0.6 is 0 Å². The van der Waals surface area contributed by atoms with E-state index >= 15 is 0 Å².